The van der Waals surface area contributed by atoms with Crippen molar-refractivity contribution < 1.29 is 19.1 Å². The molecule has 0 fully saturated rings. The fourth-order valence-corrected chi connectivity index (χ4v) is 2.01. The number of hydrogen-bond acceptors (Lipinski definition) is 4. The molecule has 0 saturated carbocycles. The summed E-state index contributed by atoms with van der Waals surface area (Å²) < 4.78 is 10.2. The second kappa shape index (κ2) is 6.30. The molecule has 0 atom stereocenters. The summed E-state index contributed by atoms with van der Waals surface area (Å²) in [6, 6.07) is 5.33. The number of aromatic nitrogens is 1. The molecule has 1 aromatic heterocycles. The van der Waals surface area contributed by atoms with Gasteiger partial charge in [-0.25, -0.2) is 4.79 Å². The van der Waals surface area contributed by atoms with E-state index in [1.807, 2.05) is 0 Å². The lowest BCUT2D eigenvalue weighted by Gasteiger charge is -2.06. The maximum Gasteiger partial charge on any atom is 0.356 e. The first-order valence-electron chi connectivity index (χ1n) is 6.77. The average Bonchev–Trinajstić information content (AvgIpc) is 2.85. The number of nitrogens with one attached hydrogen (secondary N) is 2. The SMILES string of the molecule is CCOC(=O)c1[nH]c2ccc(OC)cc2c1NC(=O)CC. The molecule has 0 aliphatic rings. The van der Waals surface area contributed by atoms with Gasteiger partial charge in [0.05, 0.1) is 19.4 Å². The highest BCUT2D eigenvalue weighted by Crippen LogP contribution is 2.31. The topological polar surface area (TPSA) is 80.4 Å². The van der Waals surface area contributed by atoms with Gasteiger partial charge in [-0.05, 0) is 25.1 Å². The van der Waals surface area contributed by atoms with Gasteiger partial charge in [-0.15, -0.1) is 0 Å². The number of carbonyl (C=O) groups is 2. The normalized spacial score (nSPS) is 10.4. The minimum absolute atomic E-state index is 0.177. The molecule has 6 nitrogen and oxygen atoms in total. The van der Waals surface area contributed by atoms with Crippen LogP contribution in [0, 0.1) is 0 Å². The Morgan fingerprint density at radius 3 is 2.67 bits per heavy atom. The van der Waals surface area contributed by atoms with Crippen molar-refractivity contribution in [2.24, 2.45) is 0 Å². The van der Waals surface area contributed by atoms with Gasteiger partial charge < -0.3 is 19.8 Å². The summed E-state index contributed by atoms with van der Waals surface area (Å²) in [5.41, 5.74) is 1.39. The van der Waals surface area contributed by atoms with E-state index in [1.165, 1.54) is 0 Å². The molecule has 6 heteroatoms. The molecule has 1 heterocycles. The monoisotopic (exact) mass is 290 g/mol. The van der Waals surface area contributed by atoms with Crippen LogP contribution >= 0.6 is 0 Å². The molecular formula is C15H18N2O4. The van der Waals surface area contributed by atoms with Gasteiger partial charge in [-0.2, -0.15) is 0 Å². The minimum atomic E-state index is -0.501. The molecular weight excluding hydrogens is 272 g/mol. The molecule has 1 aromatic carbocycles. The largest absolute Gasteiger partial charge is 0.497 e. The number of rotatable bonds is 5. The van der Waals surface area contributed by atoms with Crippen LogP contribution in [0.2, 0.25) is 0 Å². The van der Waals surface area contributed by atoms with Crippen LogP contribution in [-0.4, -0.2) is 30.6 Å². The van der Waals surface area contributed by atoms with Crippen LogP contribution in [-0.2, 0) is 9.53 Å². The molecule has 0 spiro atoms. The van der Waals surface area contributed by atoms with Crippen LogP contribution in [0.15, 0.2) is 18.2 Å². The molecule has 2 N–H and O–H groups in total. The van der Waals surface area contributed by atoms with Crippen LogP contribution in [0.3, 0.4) is 0 Å². The fraction of sp³-hybridized carbons (Fsp3) is 0.333. The molecule has 0 saturated heterocycles. The number of hydrogen-bond donors (Lipinski definition) is 2. The van der Waals surface area contributed by atoms with Crippen LogP contribution in [0.1, 0.15) is 30.8 Å². The number of fused-ring (bicyclic) bond motifs is 1. The Morgan fingerprint density at radius 2 is 2.05 bits per heavy atom. The number of anilines is 1. The van der Waals surface area contributed by atoms with Crippen LogP contribution in [0.25, 0.3) is 10.9 Å². The first-order chi connectivity index (χ1) is 10.1. The predicted molar refractivity (Wildman–Crippen MR) is 79.7 cm³/mol. The van der Waals surface area contributed by atoms with Gasteiger partial charge in [0.25, 0.3) is 0 Å². The van der Waals surface area contributed by atoms with Crippen molar-refractivity contribution >= 4 is 28.5 Å². The van der Waals surface area contributed by atoms with Crippen LogP contribution in [0.4, 0.5) is 5.69 Å². The summed E-state index contributed by atoms with van der Waals surface area (Å²) in [5.74, 6) is -0.0350. The zero-order valence-electron chi connectivity index (χ0n) is 12.3. The minimum Gasteiger partial charge on any atom is -0.497 e. The Balaban J connectivity index is 2.57. The molecule has 112 valence electrons. The van der Waals surface area contributed by atoms with E-state index in [1.54, 1.807) is 39.2 Å². The van der Waals surface area contributed by atoms with Gasteiger partial charge in [0.15, 0.2) is 0 Å². The highest BCUT2D eigenvalue weighted by molar-refractivity contribution is 6.11. The molecule has 0 bridgehead atoms. The van der Waals surface area contributed by atoms with E-state index in [2.05, 4.69) is 10.3 Å². The van der Waals surface area contributed by atoms with Gasteiger partial charge in [0.2, 0.25) is 5.91 Å². The number of amides is 1. The number of H-pyrrole nitrogens is 1. The lowest BCUT2D eigenvalue weighted by molar-refractivity contribution is -0.115. The lowest BCUT2D eigenvalue weighted by Crippen LogP contribution is -2.14. The molecule has 0 radical (unpaired) electrons. The van der Waals surface area contributed by atoms with Crippen molar-refractivity contribution in [1.82, 2.24) is 4.98 Å². The van der Waals surface area contributed by atoms with E-state index in [9.17, 15) is 9.59 Å². The van der Waals surface area contributed by atoms with E-state index >= 15 is 0 Å². The Kier molecular flexibility index (Phi) is 4.47. The lowest BCUT2D eigenvalue weighted by atomic mass is 10.2. The first kappa shape index (κ1) is 14.9. The highest BCUT2D eigenvalue weighted by atomic mass is 16.5. The number of carbonyl (C=O) groups excluding carboxylic acids is 2. The third-order valence-electron chi connectivity index (χ3n) is 3.07. The Bertz CT molecular complexity index is 676. The number of benzene rings is 1. The summed E-state index contributed by atoms with van der Waals surface area (Å²) in [7, 11) is 1.56. The van der Waals surface area contributed by atoms with Gasteiger partial charge in [0.1, 0.15) is 11.4 Å². The molecule has 0 aliphatic carbocycles. The third-order valence-corrected chi connectivity index (χ3v) is 3.07. The zero-order chi connectivity index (χ0) is 15.4. The van der Waals surface area contributed by atoms with E-state index in [0.29, 0.717) is 23.2 Å². The summed E-state index contributed by atoms with van der Waals surface area (Å²) in [4.78, 5) is 26.7. The van der Waals surface area contributed by atoms with Crippen LogP contribution in [0.5, 0.6) is 5.75 Å². The van der Waals surface area contributed by atoms with Gasteiger partial charge in [-0.3, -0.25) is 4.79 Å². The number of esters is 1. The van der Waals surface area contributed by atoms with Crippen molar-refractivity contribution in [2.45, 2.75) is 20.3 Å². The van der Waals surface area contributed by atoms with E-state index in [4.69, 9.17) is 9.47 Å². The number of ether oxygens (including phenoxy) is 2. The summed E-state index contributed by atoms with van der Waals surface area (Å²) in [6.07, 6.45) is 0.318. The van der Waals surface area contributed by atoms with Gasteiger partial charge in [-0.1, -0.05) is 6.92 Å². The molecule has 21 heavy (non-hydrogen) atoms. The maximum atomic E-state index is 12.0. The second-order valence-corrected chi connectivity index (χ2v) is 4.41. The zero-order valence-corrected chi connectivity index (χ0v) is 12.3. The highest BCUT2D eigenvalue weighted by Gasteiger charge is 2.20. The van der Waals surface area contributed by atoms with Crippen molar-refractivity contribution in [3.05, 3.63) is 23.9 Å². The smallest absolute Gasteiger partial charge is 0.356 e. The molecule has 0 aliphatic heterocycles. The summed E-state index contributed by atoms with van der Waals surface area (Å²) in [5, 5.41) is 3.45. The standard InChI is InChI=1S/C15H18N2O4/c1-4-12(18)17-13-10-8-9(20-3)6-7-11(10)16-14(13)15(19)21-5-2/h6-8,16H,4-5H2,1-3H3,(H,17,18). The fourth-order valence-electron chi connectivity index (χ4n) is 2.01. The van der Waals surface area contributed by atoms with Gasteiger partial charge >= 0.3 is 5.97 Å². The quantitative estimate of drug-likeness (QED) is 0.830. The number of methoxy groups -OCH3 is 1. The average molecular weight is 290 g/mol. The van der Waals surface area contributed by atoms with E-state index in [-0.39, 0.29) is 18.2 Å². The van der Waals surface area contributed by atoms with E-state index < -0.39 is 5.97 Å². The first-order valence-corrected chi connectivity index (χ1v) is 6.77. The van der Waals surface area contributed by atoms with Crippen LogP contribution < -0.4 is 10.1 Å². The van der Waals surface area contributed by atoms with E-state index in [0.717, 1.165) is 5.52 Å². The molecule has 2 rings (SSSR count). The molecule has 2 aromatic rings. The Labute approximate surface area is 122 Å². The second-order valence-electron chi connectivity index (χ2n) is 4.41. The third kappa shape index (κ3) is 2.99. The molecule has 1 amide bonds. The van der Waals surface area contributed by atoms with Crippen molar-refractivity contribution in [3.8, 4) is 5.75 Å². The van der Waals surface area contributed by atoms with Crippen molar-refractivity contribution in [2.75, 3.05) is 19.0 Å². The Hall–Kier alpha value is -2.50. The summed E-state index contributed by atoms with van der Waals surface area (Å²) in [6.45, 7) is 3.74. The maximum absolute atomic E-state index is 12.0. The summed E-state index contributed by atoms with van der Waals surface area (Å²) >= 11 is 0. The number of aromatic amines is 1. The van der Waals surface area contributed by atoms with Gasteiger partial charge in [0, 0.05) is 17.3 Å². The van der Waals surface area contributed by atoms with Crippen molar-refractivity contribution in [1.29, 1.82) is 0 Å². The van der Waals surface area contributed by atoms with Crippen molar-refractivity contribution in [3.63, 3.8) is 0 Å². The Morgan fingerprint density at radius 1 is 1.29 bits per heavy atom. The molecule has 0 unspecified atom stereocenters. The predicted octanol–water partition coefficient (Wildman–Crippen LogP) is 2.70.